The van der Waals surface area contributed by atoms with Crippen molar-refractivity contribution in [1.82, 2.24) is 14.5 Å². The molecule has 0 aliphatic heterocycles. The molecule has 0 amide bonds. The van der Waals surface area contributed by atoms with Crippen LogP contribution in [-0.2, 0) is 16.6 Å². The number of nitrogen functional groups attached to an aromatic ring is 1. The molecule has 1 aromatic heterocycles. The van der Waals surface area contributed by atoms with E-state index >= 15 is 0 Å². The van der Waals surface area contributed by atoms with E-state index in [1.807, 2.05) is 6.92 Å². The molecule has 1 rings (SSSR count). The Bertz CT molecular complexity index is 455. The molecule has 0 atom stereocenters. The van der Waals surface area contributed by atoms with E-state index in [0.29, 0.717) is 13.0 Å². The SMILES string of the molecule is CCCn1cc(S(=O)(=O)NCCCO)c(N)n1. The summed E-state index contributed by atoms with van der Waals surface area (Å²) in [5, 5.41) is 12.5. The Labute approximate surface area is 101 Å². The number of nitrogens with two attached hydrogens (primary N) is 1. The van der Waals surface area contributed by atoms with Gasteiger partial charge in [0, 0.05) is 25.9 Å². The van der Waals surface area contributed by atoms with Gasteiger partial charge in [0.25, 0.3) is 0 Å². The van der Waals surface area contributed by atoms with Crippen molar-refractivity contribution in [3.8, 4) is 0 Å². The first kappa shape index (κ1) is 13.9. The second kappa shape index (κ2) is 5.99. The number of nitrogens with one attached hydrogen (secondary N) is 1. The minimum absolute atomic E-state index is 0.00468. The summed E-state index contributed by atoms with van der Waals surface area (Å²) in [6.45, 7) is 2.70. The summed E-state index contributed by atoms with van der Waals surface area (Å²) in [4.78, 5) is -0.0103. The molecule has 1 heterocycles. The molecule has 0 aromatic carbocycles. The van der Waals surface area contributed by atoms with E-state index in [4.69, 9.17) is 10.8 Å². The van der Waals surface area contributed by atoms with Gasteiger partial charge < -0.3 is 10.8 Å². The van der Waals surface area contributed by atoms with Gasteiger partial charge in [0.2, 0.25) is 10.0 Å². The smallest absolute Gasteiger partial charge is 0.245 e. The van der Waals surface area contributed by atoms with Crippen molar-refractivity contribution in [3.63, 3.8) is 0 Å². The van der Waals surface area contributed by atoms with Crippen molar-refractivity contribution in [2.75, 3.05) is 18.9 Å². The van der Waals surface area contributed by atoms with Crippen LogP contribution in [0.15, 0.2) is 11.1 Å². The van der Waals surface area contributed by atoms with Crippen LogP contribution < -0.4 is 10.5 Å². The van der Waals surface area contributed by atoms with Crippen molar-refractivity contribution in [2.24, 2.45) is 0 Å². The maximum absolute atomic E-state index is 11.8. The molecule has 4 N–H and O–H groups in total. The van der Waals surface area contributed by atoms with Gasteiger partial charge >= 0.3 is 0 Å². The van der Waals surface area contributed by atoms with Crippen LogP contribution in [0.3, 0.4) is 0 Å². The fourth-order valence-electron chi connectivity index (χ4n) is 1.33. The topological polar surface area (TPSA) is 110 Å². The Morgan fingerprint density at radius 1 is 1.59 bits per heavy atom. The van der Waals surface area contributed by atoms with E-state index in [1.54, 1.807) is 0 Å². The lowest BCUT2D eigenvalue weighted by Crippen LogP contribution is -2.25. The minimum atomic E-state index is -3.63. The number of sulfonamides is 1. The summed E-state index contributed by atoms with van der Waals surface area (Å²) in [7, 11) is -3.63. The summed E-state index contributed by atoms with van der Waals surface area (Å²) >= 11 is 0. The third kappa shape index (κ3) is 3.69. The Morgan fingerprint density at radius 3 is 2.88 bits per heavy atom. The molecule has 7 nitrogen and oxygen atoms in total. The van der Waals surface area contributed by atoms with Crippen molar-refractivity contribution < 1.29 is 13.5 Å². The maximum atomic E-state index is 11.8. The number of rotatable bonds is 7. The molecular formula is C9H18N4O3S. The van der Waals surface area contributed by atoms with Gasteiger partial charge in [0.1, 0.15) is 4.90 Å². The molecule has 0 saturated heterocycles. The highest BCUT2D eigenvalue weighted by Gasteiger charge is 2.20. The van der Waals surface area contributed by atoms with Crippen LogP contribution in [0.1, 0.15) is 19.8 Å². The molecule has 0 bridgehead atoms. The summed E-state index contributed by atoms with van der Waals surface area (Å²) in [5.41, 5.74) is 5.56. The quantitative estimate of drug-likeness (QED) is 0.576. The molecule has 0 fully saturated rings. The summed E-state index contributed by atoms with van der Waals surface area (Å²) < 4.78 is 27.5. The standard InChI is InChI=1S/C9H18N4O3S/c1-2-5-13-7-8(9(10)12-13)17(15,16)11-4-3-6-14/h7,11,14H,2-6H2,1H3,(H2,10,12). The Balaban J connectivity index is 2.83. The van der Waals surface area contributed by atoms with Crippen LogP contribution in [0, 0.1) is 0 Å². The van der Waals surface area contributed by atoms with E-state index in [1.165, 1.54) is 10.9 Å². The Hall–Kier alpha value is -1.12. The third-order valence-corrected chi connectivity index (χ3v) is 3.60. The molecule has 0 aliphatic rings. The number of hydrogen-bond donors (Lipinski definition) is 3. The Morgan fingerprint density at radius 2 is 2.29 bits per heavy atom. The zero-order chi connectivity index (χ0) is 12.9. The van der Waals surface area contributed by atoms with Gasteiger partial charge in [0.15, 0.2) is 5.82 Å². The molecule has 17 heavy (non-hydrogen) atoms. The van der Waals surface area contributed by atoms with Gasteiger partial charge in [-0.25, -0.2) is 13.1 Å². The lowest BCUT2D eigenvalue weighted by molar-refractivity contribution is 0.289. The molecule has 0 radical (unpaired) electrons. The first-order chi connectivity index (χ1) is 8.01. The fourth-order valence-corrected chi connectivity index (χ4v) is 2.48. The van der Waals surface area contributed by atoms with Gasteiger partial charge in [-0.1, -0.05) is 6.92 Å². The molecule has 0 unspecified atom stereocenters. The molecule has 0 aliphatic carbocycles. The molecule has 0 saturated carbocycles. The van der Waals surface area contributed by atoms with Gasteiger partial charge in [-0.3, -0.25) is 4.68 Å². The highest BCUT2D eigenvalue weighted by Crippen LogP contribution is 2.15. The summed E-state index contributed by atoms with van der Waals surface area (Å²) in [5.74, 6) is -0.00468. The van der Waals surface area contributed by atoms with Gasteiger partial charge in [0.05, 0.1) is 0 Å². The maximum Gasteiger partial charge on any atom is 0.245 e. The fraction of sp³-hybridized carbons (Fsp3) is 0.667. The van der Waals surface area contributed by atoms with Crippen molar-refractivity contribution >= 4 is 15.8 Å². The second-order valence-electron chi connectivity index (χ2n) is 3.62. The molecular weight excluding hydrogens is 244 g/mol. The van der Waals surface area contributed by atoms with Crippen LogP contribution in [0.5, 0.6) is 0 Å². The predicted octanol–water partition coefficient (Wildman–Crippen LogP) is -0.464. The van der Waals surface area contributed by atoms with Crippen LogP contribution in [0.4, 0.5) is 5.82 Å². The number of nitrogens with zero attached hydrogens (tertiary/aromatic N) is 2. The van der Waals surface area contributed by atoms with Gasteiger partial charge in [-0.2, -0.15) is 5.10 Å². The van der Waals surface area contributed by atoms with Crippen LogP contribution in [0.25, 0.3) is 0 Å². The van der Waals surface area contributed by atoms with Crippen molar-refractivity contribution in [3.05, 3.63) is 6.20 Å². The molecule has 98 valence electrons. The van der Waals surface area contributed by atoms with E-state index in [0.717, 1.165) is 6.42 Å². The average molecular weight is 262 g/mol. The number of aliphatic hydroxyl groups is 1. The summed E-state index contributed by atoms with van der Waals surface area (Å²) in [6, 6.07) is 0. The minimum Gasteiger partial charge on any atom is -0.396 e. The highest BCUT2D eigenvalue weighted by molar-refractivity contribution is 7.89. The van der Waals surface area contributed by atoms with Crippen LogP contribution >= 0.6 is 0 Å². The summed E-state index contributed by atoms with van der Waals surface area (Å²) in [6.07, 6.45) is 2.63. The lowest BCUT2D eigenvalue weighted by Gasteiger charge is -2.03. The average Bonchev–Trinajstić information content (AvgIpc) is 2.61. The number of anilines is 1. The van der Waals surface area contributed by atoms with Crippen LogP contribution in [-0.4, -0.2) is 36.5 Å². The predicted molar refractivity (Wildman–Crippen MR) is 63.8 cm³/mol. The van der Waals surface area contributed by atoms with Gasteiger partial charge in [-0.15, -0.1) is 0 Å². The Kier molecular flexibility index (Phi) is 4.91. The van der Waals surface area contributed by atoms with E-state index in [-0.39, 0.29) is 23.9 Å². The first-order valence-electron chi connectivity index (χ1n) is 5.44. The number of aromatic nitrogens is 2. The normalized spacial score (nSPS) is 11.9. The lowest BCUT2D eigenvalue weighted by atomic mass is 10.5. The largest absolute Gasteiger partial charge is 0.396 e. The monoisotopic (exact) mass is 262 g/mol. The van der Waals surface area contributed by atoms with E-state index in [2.05, 4.69) is 9.82 Å². The third-order valence-electron chi connectivity index (χ3n) is 2.12. The van der Waals surface area contributed by atoms with Crippen LogP contribution in [0.2, 0.25) is 0 Å². The zero-order valence-electron chi connectivity index (χ0n) is 9.76. The molecule has 0 spiro atoms. The van der Waals surface area contributed by atoms with E-state index in [9.17, 15) is 8.42 Å². The van der Waals surface area contributed by atoms with E-state index < -0.39 is 10.0 Å². The first-order valence-corrected chi connectivity index (χ1v) is 6.93. The van der Waals surface area contributed by atoms with Crippen molar-refractivity contribution in [2.45, 2.75) is 31.2 Å². The second-order valence-corrected chi connectivity index (χ2v) is 5.35. The number of aliphatic hydroxyl groups excluding tert-OH is 1. The molecule has 1 aromatic rings. The van der Waals surface area contributed by atoms with Gasteiger partial charge in [-0.05, 0) is 12.8 Å². The van der Waals surface area contributed by atoms with Crippen molar-refractivity contribution in [1.29, 1.82) is 0 Å². The zero-order valence-corrected chi connectivity index (χ0v) is 10.6. The molecule has 8 heteroatoms. The number of aryl methyl sites for hydroxylation is 1. The highest BCUT2D eigenvalue weighted by atomic mass is 32.2. The number of hydrogen-bond acceptors (Lipinski definition) is 5.